The molecule has 70 valence electrons. The lowest BCUT2D eigenvalue weighted by atomic mass is 10.3. The van der Waals surface area contributed by atoms with Gasteiger partial charge in [0.15, 0.2) is 0 Å². The summed E-state index contributed by atoms with van der Waals surface area (Å²) < 4.78 is 4.87. The molecular weight excluding hydrogens is 184 g/mol. The second kappa shape index (κ2) is 4.82. The number of rotatable bonds is 4. The van der Waals surface area contributed by atoms with Crippen LogP contribution in [-0.2, 0) is 11.2 Å². The largest absolute Gasteiger partial charge is 0.462 e. The highest BCUT2D eigenvalue weighted by Gasteiger charge is 2.08. The summed E-state index contributed by atoms with van der Waals surface area (Å²) in [6, 6.07) is 3.72. The Hall–Kier alpha value is -1.09. The summed E-state index contributed by atoms with van der Waals surface area (Å²) in [7, 11) is 0. The lowest BCUT2D eigenvalue weighted by molar-refractivity contribution is 0.0532. The highest BCUT2D eigenvalue weighted by molar-refractivity contribution is 7.13. The van der Waals surface area contributed by atoms with Gasteiger partial charge in [-0.05, 0) is 25.5 Å². The summed E-state index contributed by atoms with van der Waals surface area (Å²) in [5, 5.41) is 0. The van der Waals surface area contributed by atoms with Gasteiger partial charge in [0.1, 0.15) is 4.88 Å². The fraction of sp³-hybridized carbons (Fsp3) is 0.300. The molecule has 13 heavy (non-hydrogen) atoms. The fourth-order valence-electron chi connectivity index (χ4n) is 0.942. The molecular formula is C10H12O2S. The molecule has 0 amide bonds. The molecule has 0 saturated heterocycles. The van der Waals surface area contributed by atoms with Crippen molar-refractivity contribution in [3.05, 3.63) is 34.5 Å². The minimum atomic E-state index is -0.234. The number of carbonyl (C=O) groups is 1. The van der Waals surface area contributed by atoms with Crippen molar-refractivity contribution < 1.29 is 9.53 Å². The summed E-state index contributed by atoms with van der Waals surface area (Å²) in [5.74, 6) is -0.234. The van der Waals surface area contributed by atoms with Gasteiger partial charge in [0.2, 0.25) is 0 Å². The summed E-state index contributed by atoms with van der Waals surface area (Å²) in [4.78, 5) is 13.0. The average Bonchev–Trinajstić information content (AvgIpc) is 2.54. The number of carbonyl (C=O) groups excluding carboxylic acids is 1. The maximum atomic E-state index is 11.2. The first-order valence-corrected chi connectivity index (χ1v) is 4.96. The molecule has 0 aliphatic heterocycles. The van der Waals surface area contributed by atoms with E-state index in [1.807, 2.05) is 12.1 Å². The van der Waals surface area contributed by atoms with Gasteiger partial charge in [-0.2, -0.15) is 0 Å². The molecule has 0 fully saturated rings. The maximum Gasteiger partial charge on any atom is 0.348 e. The highest BCUT2D eigenvalue weighted by Crippen LogP contribution is 2.17. The van der Waals surface area contributed by atoms with Gasteiger partial charge in [-0.15, -0.1) is 17.9 Å². The lowest BCUT2D eigenvalue weighted by Gasteiger charge is -1.96. The first-order valence-electron chi connectivity index (χ1n) is 4.14. The Morgan fingerprint density at radius 3 is 3.08 bits per heavy atom. The topological polar surface area (TPSA) is 26.3 Å². The Labute approximate surface area is 81.8 Å². The van der Waals surface area contributed by atoms with Crippen molar-refractivity contribution in [1.82, 2.24) is 0 Å². The Kier molecular flexibility index (Phi) is 3.71. The Balaban J connectivity index is 2.67. The van der Waals surface area contributed by atoms with E-state index in [4.69, 9.17) is 4.74 Å². The van der Waals surface area contributed by atoms with Crippen LogP contribution in [0.3, 0.4) is 0 Å². The van der Waals surface area contributed by atoms with Gasteiger partial charge in [-0.3, -0.25) is 0 Å². The standard InChI is InChI=1S/C10H12O2S/c1-3-5-8-6-7-9(13-8)10(11)12-4-2/h3,6-7H,1,4-5H2,2H3. The summed E-state index contributed by atoms with van der Waals surface area (Å²) in [6.07, 6.45) is 2.63. The molecule has 0 atom stereocenters. The molecule has 3 heteroatoms. The van der Waals surface area contributed by atoms with Crippen LogP contribution in [0.25, 0.3) is 0 Å². The zero-order valence-corrected chi connectivity index (χ0v) is 8.39. The molecule has 0 N–H and O–H groups in total. The third kappa shape index (κ3) is 2.70. The van der Waals surface area contributed by atoms with Gasteiger partial charge in [0, 0.05) is 4.88 Å². The van der Waals surface area contributed by atoms with Crippen molar-refractivity contribution in [2.45, 2.75) is 13.3 Å². The van der Waals surface area contributed by atoms with Gasteiger partial charge >= 0.3 is 5.97 Å². The fourth-order valence-corrected chi connectivity index (χ4v) is 1.84. The van der Waals surface area contributed by atoms with Crippen molar-refractivity contribution in [3.63, 3.8) is 0 Å². The number of ether oxygens (including phenoxy) is 1. The van der Waals surface area contributed by atoms with Crippen LogP contribution in [0.5, 0.6) is 0 Å². The Bertz CT molecular complexity index is 302. The van der Waals surface area contributed by atoms with E-state index < -0.39 is 0 Å². The predicted octanol–water partition coefficient (Wildman–Crippen LogP) is 2.65. The van der Waals surface area contributed by atoms with Gasteiger partial charge in [-0.25, -0.2) is 4.79 Å². The van der Waals surface area contributed by atoms with Crippen LogP contribution in [0.1, 0.15) is 21.5 Å². The molecule has 1 heterocycles. The molecule has 0 bridgehead atoms. The molecule has 2 nitrogen and oxygen atoms in total. The van der Waals surface area contributed by atoms with Crippen LogP contribution in [0, 0.1) is 0 Å². The average molecular weight is 196 g/mol. The smallest absolute Gasteiger partial charge is 0.348 e. The Morgan fingerprint density at radius 2 is 2.46 bits per heavy atom. The molecule has 0 radical (unpaired) electrons. The van der Waals surface area contributed by atoms with Crippen molar-refractivity contribution in [3.8, 4) is 0 Å². The molecule has 1 aromatic rings. The van der Waals surface area contributed by atoms with E-state index in [9.17, 15) is 4.79 Å². The number of hydrogen-bond donors (Lipinski definition) is 0. The predicted molar refractivity (Wildman–Crippen MR) is 54.2 cm³/mol. The van der Waals surface area contributed by atoms with E-state index >= 15 is 0 Å². The lowest BCUT2D eigenvalue weighted by Crippen LogP contribution is -2.01. The molecule has 0 saturated carbocycles. The van der Waals surface area contributed by atoms with Gasteiger partial charge in [-0.1, -0.05) is 6.08 Å². The normalized spacial score (nSPS) is 9.62. The first kappa shape index (κ1) is 9.99. The SMILES string of the molecule is C=CCc1ccc(C(=O)OCC)s1. The zero-order chi connectivity index (χ0) is 9.68. The Morgan fingerprint density at radius 1 is 1.69 bits per heavy atom. The van der Waals surface area contributed by atoms with Crippen LogP contribution in [-0.4, -0.2) is 12.6 Å². The maximum absolute atomic E-state index is 11.2. The van der Waals surface area contributed by atoms with Crippen LogP contribution in [0.2, 0.25) is 0 Å². The van der Waals surface area contributed by atoms with E-state index in [1.165, 1.54) is 11.3 Å². The van der Waals surface area contributed by atoms with E-state index in [-0.39, 0.29) is 5.97 Å². The quantitative estimate of drug-likeness (QED) is 0.546. The molecule has 0 aliphatic rings. The number of thiophene rings is 1. The molecule has 0 aromatic carbocycles. The van der Waals surface area contributed by atoms with Gasteiger partial charge < -0.3 is 4.74 Å². The first-order chi connectivity index (χ1) is 6.27. The number of esters is 1. The third-order valence-corrected chi connectivity index (χ3v) is 2.57. The minimum absolute atomic E-state index is 0.234. The van der Waals surface area contributed by atoms with E-state index in [1.54, 1.807) is 13.0 Å². The third-order valence-electron chi connectivity index (χ3n) is 1.48. The van der Waals surface area contributed by atoms with Crippen LogP contribution in [0.4, 0.5) is 0 Å². The van der Waals surface area contributed by atoms with E-state index in [0.29, 0.717) is 11.5 Å². The van der Waals surface area contributed by atoms with Crippen LogP contribution >= 0.6 is 11.3 Å². The van der Waals surface area contributed by atoms with Crippen LogP contribution < -0.4 is 0 Å². The van der Waals surface area contributed by atoms with Crippen molar-refractivity contribution in [2.75, 3.05) is 6.61 Å². The number of hydrogen-bond acceptors (Lipinski definition) is 3. The van der Waals surface area contributed by atoms with E-state index in [0.717, 1.165) is 11.3 Å². The van der Waals surface area contributed by atoms with Gasteiger partial charge in [0.05, 0.1) is 6.61 Å². The molecule has 1 rings (SSSR count). The summed E-state index contributed by atoms with van der Waals surface area (Å²) >= 11 is 1.46. The van der Waals surface area contributed by atoms with Crippen LogP contribution in [0.15, 0.2) is 24.8 Å². The molecule has 1 aromatic heterocycles. The minimum Gasteiger partial charge on any atom is -0.462 e. The summed E-state index contributed by atoms with van der Waals surface area (Å²) in [5.41, 5.74) is 0. The van der Waals surface area contributed by atoms with E-state index in [2.05, 4.69) is 6.58 Å². The van der Waals surface area contributed by atoms with Crippen molar-refractivity contribution in [1.29, 1.82) is 0 Å². The van der Waals surface area contributed by atoms with Crippen molar-refractivity contribution >= 4 is 17.3 Å². The second-order valence-corrected chi connectivity index (χ2v) is 3.65. The second-order valence-electron chi connectivity index (χ2n) is 2.48. The molecule has 0 aliphatic carbocycles. The monoisotopic (exact) mass is 196 g/mol. The molecule has 0 unspecified atom stereocenters. The molecule has 0 spiro atoms. The highest BCUT2D eigenvalue weighted by atomic mass is 32.1. The summed E-state index contributed by atoms with van der Waals surface area (Å²) in [6.45, 7) is 5.86. The van der Waals surface area contributed by atoms with Crippen molar-refractivity contribution in [2.24, 2.45) is 0 Å². The van der Waals surface area contributed by atoms with Gasteiger partial charge in [0.25, 0.3) is 0 Å². The number of allylic oxidation sites excluding steroid dienone is 1. The zero-order valence-electron chi connectivity index (χ0n) is 7.58.